The van der Waals surface area contributed by atoms with Crippen LogP contribution >= 0.6 is 11.6 Å². The molecule has 3 aromatic rings. The van der Waals surface area contributed by atoms with Gasteiger partial charge in [0.2, 0.25) is 17.7 Å². The average molecular weight is 509 g/mol. The molecule has 0 spiro atoms. The molecule has 1 aromatic heterocycles. The first-order valence-corrected chi connectivity index (χ1v) is 12.6. The van der Waals surface area contributed by atoms with E-state index >= 15 is 0 Å². The molecule has 7 nitrogen and oxygen atoms in total. The van der Waals surface area contributed by atoms with Crippen LogP contribution in [0.2, 0.25) is 5.02 Å². The van der Waals surface area contributed by atoms with Crippen molar-refractivity contribution in [3.63, 3.8) is 0 Å². The van der Waals surface area contributed by atoms with Gasteiger partial charge in [-0.2, -0.15) is 5.10 Å². The van der Waals surface area contributed by atoms with E-state index < -0.39 is 5.54 Å². The molecule has 1 N–H and O–H groups in total. The summed E-state index contributed by atoms with van der Waals surface area (Å²) in [5.41, 5.74) is 3.96. The minimum atomic E-state index is -0.894. The van der Waals surface area contributed by atoms with E-state index in [4.69, 9.17) is 11.6 Å². The van der Waals surface area contributed by atoms with Crippen LogP contribution in [0.5, 0.6) is 5.88 Å². The summed E-state index contributed by atoms with van der Waals surface area (Å²) < 4.78 is 1.40. The van der Waals surface area contributed by atoms with Crippen LogP contribution in [0.3, 0.4) is 0 Å². The highest BCUT2D eigenvalue weighted by Crippen LogP contribution is 2.34. The Morgan fingerprint density at radius 1 is 1.08 bits per heavy atom. The molecule has 36 heavy (non-hydrogen) atoms. The Hall–Kier alpha value is -3.32. The smallest absolute Gasteiger partial charge is 0.248 e. The van der Waals surface area contributed by atoms with Gasteiger partial charge in [0.15, 0.2) is 0 Å². The van der Waals surface area contributed by atoms with Gasteiger partial charge >= 0.3 is 0 Å². The number of carbonyl (C=O) groups excluding carboxylic acids is 2. The summed E-state index contributed by atoms with van der Waals surface area (Å²) in [4.78, 5) is 30.7. The number of aryl methyl sites for hydroxylation is 3. The van der Waals surface area contributed by atoms with Gasteiger partial charge in [0.1, 0.15) is 5.54 Å². The molecule has 0 radical (unpaired) electrons. The lowest BCUT2D eigenvalue weighted by atomic mass is 9.84. The number of carbonyl (C=O) groups is 2. The number of rotatable bonds is 8. The van der Waals surface area contributed by atoms with Crippen LogP contribution in [0, 0.1) is 13.8 Å². The van der Waals surface area contributed by atoms with Crippen LogP contribution in [-0.2, 0) is 36.0 Å². The van der Waals surface area contributed by atoms with Crippen LogP contribution < -0.4 is 0 Å². The first-order valence-electron chi connectivity index (χ1n) is 12.2. The maximum absolute atomic E-state index is 13.9. The Bertz CT molecular complexity index is 1230. The average Bonchev–Trinajstić information content (AvgIpc) is 3.12. The molecule has 1 fully saturated rings. The van der Waals surface area contributed by atoms with Crippen molar-refractivity contribution in [2.45, 2.75) is 52.1 Å². The van der Waals surface area contributed by atoms with Crippen LogP contribution in [0.25, 0.3) is 0 Å². The molecule has 1 aliphatic heterocycles. The Labute approximate surface area is 217 Å². The van der Waals surface area contributed by atoms with Crippen LogP contribution in [0.15, 0.2) is 48.5 Å². The Balaban J connectivity index is 1.52. The second-order valence-corrected chi connectivity index (χ2v) is 10.4. The van der Waals surface area contributed by atoms with E-state index in [0.717, 1.165) is 22.3 Å². The number of aromatic nitrogens is 2. The van der Waals surface area contributed by atoms with Gasteiger partial charge < -0.3 is 14.9 Å². The fourth-order valence-electron chi connectivity index (χ4n) is 4.91. The molecule has 2 amide bonds. The van der Waals surface area contributed by atoms with Gasteiger partial charge in [-0.25, -0.2) is 4.68 Å². The fraction of sp³-hybridized carbons (Fsp3) is 0.393. The van der Waals surface area contributed by atoms with Crippen molar-refractivity contribution in [3.8, 4) is 5.88 Å². The number of hydrogen-bond donors (Lipinski definition) is 1. The summed E-state index contributed by atoms with van der Waals surface area (Å²) in [6, 6.07) is 15.2. The SMILES string of the molecule is Cc1cc(C)cc(CC(=O)N2CCC2(C)C(=O)N(CCc2cc(O)n(C)n2)Cc2ccc(Cl)cc2)c1. The Morgan fingerprint density at radius 2 is 1.75 bits per heavy atom. The molecule has 8 heteroatoms. The van der Waals surface area contributed by atoms with Crippen molar-refractivity contribution in [1.82, 2.24) is 19.6 Å². The largest absolute Gasteiger partial charge is 0.493 e. The highest BCUT2D eigenvalue weighted by atomic mass is 35.5. The highest BCUT2D eigenvalue weighted by molar-refractivity contribution is 6.30. The third kappa shape index (κ3) is 5.57. The van der Waals surface area contributed by atoms with Gasteiger partial charge in [0.25, 0.3) is 0 Å². The normalized spacial score (nSPS) is 17.1. The quantitative estimate of drug-likeness (QED) is 0.494. The van der Waals surface area contributed by atoms with E-state index in [0.29, 0.717) is 43.2 Å². The maximum Gasteiger partial charge on any atom is 0.248 e. The van der Waals surface area contributed by atoms with Crippen molar-refractivity contribution in [1.29, 1.82) is 0 Å². The minimum absolute atomic E-state index is 0.0387. The van der Waals surface area contributed by atoms with Crippen molar-refractivity contribution in [2.24, 2.45) is 7.05 Å². The lowest BCUT2D eigenvalue weighted by Gasteiger charge is -2.51. The molecule has 1 saturated heterocycles. The minimum Gasteiger partial charge on any atom is -0.493 e. The number of benzene rings is 2. The molecular weight excluding hydrogens is 476 g/mol. The van der Waals surface area contributed by atoms with E-state index in [-0.39, 0.29) is 24.1 Å². The molecule has 0 saturated carbocycles. The lowest BCUT2D eigenvalue weighted by Crippen LogP contribution is -2.68. The van der Waals surface area contributed by atoms with Crippen molar-refractivity contribution in [2.75, 3.05) is 13.1 Å². The molecule has 2 aromatic carbocycles. The van der Waals surface area contributed by atoms with Gasteiger partial charge in [0, 0.05) is 44.2 Å². The number of amides is 2. The number of nitrogens with zero attached hydrogens (tertiary/aromatic N) is 4. The summed E-state index contributed by atoms with van der Waals surface area (Å²) in [6.45, 7) is 7.27. The number of hydrogen-bond acceptors (Lipinski definition) is 4. The first kappa shape index (κ1) is 25.8. The zero-order chi connectivity index (χ0) is 26.0. The molecular formula is C28H33ClN4O3. The summed E-state index contributed by atoms with van der Waals surface area (Å²) in [5.74, 6) is -0.0458. The molecule has 0 aliphatic carbocycles. The Morgan fingerprint density at radius 3 is 2.31 bits per heavy atom. The maximum atomic E-state index is 13.9. The standard InChI is InChI=1S/C28H33ClN4O3/c1-19-13-20(2)15-22(14-19)16-26(35)33-12-10-28(33,3)27(36)32(18-21-5-7-23(29)8-6-21)11-9-24-17-25(34)31(4)30-24/h5-8,13-15,17,34H,9-12,16,18H2,1-4H3. The van der Waals surface area contributed by atoms with E-state index in [1.807, 2.05) is 45.0 Å². The molecule has 4 rings (SSSR count). The van der Waals surface area contributed by atoms with Crippen LogP contribution in [0.4, 0.5) is 0 Å². The summed E-state index contributed by atoms with van der Waals surface area (Å²) in [6.07, 6.45) is 1.38. The third-order valence-electron chi connectivity index (χ3n) is 6.93. The number of halogens is 1. The molecule has 1 aliphatic rings. The predicted molar refractivity (Wildman–Crippen MR) is 140 cm³/mol. The monoisotopic (exact) mass is 508 g/mol. The first-order chi connectivity index (χ1) is 17.0. The van der Waals surface area contributed by atoms with Gasteiger partial charge in [-0.3, -0.25) is 9.59 Å². The van der Waals surface area contributed by atoms with Crippen LogP contribution in [-0.4, -0.2) is 55.1 Å². The van der Waals surface area contributed by atoms with E-state index in [1.165, 1.54) is 4.68 Å². The zero-order valence-electron chi connectivity index (χ0n) is 21.3. The van der Waals surface area contributed by atoms with Gasteiger partial charge in [0.05, 0.1) is 12.1 Å². The molecule has 0 bridgehead atoms. The van der Waals surface area contributed by atoms with Gasteiger partial charge in [-0.15, -0.1) is 0 Å². The third-order valence-corrected chi connectivity index (χ3v) is 7.19. The van der Waals surface area contributed by atoms with Gasteiger partial charge in [-0.05, 0) is 50.5 Å². The molecule has 1 atom stereocenters. The molecule has 190 valence electrons. The van der Waals surface area contributed by atoms with Crippen molar-refractivity contribution < 1.29 is 14.7 Å². The Kier molecular flexibility index (Phi) is 7.41. The summed E-state index contributed by atoms with van der Waals surface area (Å²) in [5, 5.41) is 14.8. The summed E-state index contributed by atoms with van der Waals surface area (Å²) >= 11 is 6.05. The van der Waals surface area contributed by atoms with Crippen molar-refractivity contribution >= 4 is 23.4 Å². The van der Waals surface area contributed by atoms with Gasteiger partial charge in [-0.1, -0.05) is 53.1 Å². The van der Waals surface area contributed by atoms with Crippen molar-refractivity contribution in [3.05, 3.63) is 81.5 Å². The van der Waals surface area contributed by atoms with Crippen LogP contribution in [0.1, 0.15) is 41.3 Å². The predicted octanol–water partition coefficient (Wildman–Crippen LogP) is 4.20. The summed E-state index contributed by atoms with van der Waals surface area (Å²) in [7, 11) is 1.67. The second-order valence-electron chi connectivity index (χ2n) is 9.96. The zero-order valence-corrected chi connectivity index (χ0v) is 22.0. The number of likely N-dealkylation sites (tertiary alicyclic amines) is 1. The highest BCUT2D eigenvalue weighted by Gasteiger charge is 2.50. The number of aromatic hydroxyl groups is 1. The second kappa shape index (κ2) is 10.3. The van der Waals surface area contributed by atoms with E-state index in [9.17, 15) is 14.7 Å². The molecule has 1 unspecified atom stereocenters. The fourth-order valence-corrected chi connectivity index (χ4v) is 5.04. The van der Waals surface area contributed by atoms with E-state index in [1.54, 1.807) is 35.0 Å². The topological polar surface area (TPSA) is 78.7 Å². The van der Waals surface area contributed by atoms with E-state index in [2.05, 4.69) is 11.2 Å². The molecule has 2 heterocycles. The lowest BCUT2D eigenvalue weighted by molar-refractivity contribution is -0.164.